The zero-order valence-corrected chi connectivity index (χ0v) is 11.8. The average Bonchev–Trinajstić information content (AvgIpc) is 3.25. The first-order chi connectivity index (χ1) is 10.2. The molecule has 3 rings (SSSR count). The molecule has 1 saturated carbocycles. The quantitative estimate of drug-likeness (QED) is 0.904. The molecule has 21 heavy (non-hydrogen) atoms. The zero-order chi connectivity index (χ0) is 14.8. The fraction of sp³-hybridized carbons (Fsp3) is 0.400. The average molecular weight is 287 g/mol. The molecular weight excluding hydrogens is 270 g/mol. The van der Waals surface area contributed by atoms with Crippen molar-refractivity contribution in [1.29, 1.82) is 0 Å². The highest BCUT2D eigenvalue weighted by Gasteiger charge is 2.32. The summed E-state index contributed by atoms with van der Waals surface area (Å²) in [7, 11) is 0. The first-order valence-electron chi connectivity index (χ1n) is 7.01. The summed E-state index contributed by atoms with van der Waals surface area (Å²) in [6.07, 6.45) is 2.02. The van der Waals surface area contributed by atoms with Gasteiger partial charge in [0.05, 0.1) is 6.61 Å². The zero-order valence-electron chi connectivity index (χ0n) is 11.8. The Morgan fingerprint density at radius 1 is 1.48 bits per heavy atom. The second kappa shape index (κ2) is 5.65. The first-order valence-corrected chi connectivity index (χ1v) is 7.01. The van der Waals surface area contributed by atoms with Crippen molar-refractivity contribution >= 4 is 5.91 Å². The fourth-order valence-electron chi connectivity index (χ4n) is 2.32. The predicted octanol–water partition coefficient (Wildman–Crippen LogP) is 1.64. The minimum atomic E-state index is -0.0615. The lowest BCUT2D eigenvalue weighted by Gasteiger charge is -2.21. The molecule has 0 radical (unpaired) electrons. The van der Waals surface area contributed by atoms with E-state index in [9.17, 15) is 4.79 Å². The monoisotopic (exact) mass is 287 g/mol. The molecule has 110 valence electrons. The van der Waals surface area contributed by atoms with E-state index in [0.717, 1.165) is 18.4 Å². The van der Waals surface area contributed by atoms with Gasteiger partial charge in [-0.1, -0.05) is 17.3 Å². The van der Waals surface area contributed by atoms with Crippen LogP contribution in [0.5, 0.6) is 0 Å². The smallest absolute Gasteiger partial charge is 0.254 e. The fourth-order valence-corrected chi connectivity index (χ4v) is 2.32. The minimum Gasteiger partial charge on any atom is -0.395 e. The molecule has 6 heteroatoms. The van der Waals surface area contributed by atoms with Crippen molar-refractivity contribution in [3.05, 3.63) is 35.7 Å². The Morgan fingerprint density at radius 3 is 2.90 bits per heavy atom. The van der Waals surface area contributed by atoms with Crippen LogP contribution in [0.4, 0.5) is 0 Å². The SMILES string of the molecule is Cc1nc(-c2cccc(C(=O)N(CCO)C3CC3)c2)no1. The van der Waals surface area contributed by atoms with E-state index in [1.54, 1.807) is 30.0 Å². The van der Waals surface area contributed by atoms with Gasteiger partial charge in [-0.05, 0) is 25.0 Å². The van der Waals surface area contributed by atoms with Gasteiger partial charge < -0.3 is 14.5 Å². The molecule has 0 saturated heterocycles. The standard InChI is InChI=1S/C15H17N3O3/c1-10-16-14(17-21-10)11-3-2-4-12(9-11)15(20)18(7-8-19)13-5-6-13/h2-4,9,13,19H,5-8H2,1H3. The molecule has 2 aromatic rings. The van der Waals surface area contributed by atoms with Crippen molar-refractivity contribution in [3.63, 3.8) is 0 Å². The lowest BCUT2D eigenvalue weighted by Crippen LogP contribution is -2.35. The molecule has 1 aliphatic rings. The summed E-state index contributed by atoms with van der Waals surface area (Å²) in [5.74, 6) is 0.900. The minimum absolute atomic E-state index is 0.0219. The normalized spacial score (nSPS) is 14.2. The van der Waals surface area contributed by atoms with E-state index in [1.807, 2.05) is 6.07 Å². The molecule has 0 aliphatic heterocycles. The molecule has 1 fully saturated rings. The number of aryl methyl sites for hydroxylation is 1. The van der Waals surface area contributed by atoms with Crippen molar-refractivity contribution in [3.8, 4) is 11.4 Å². The molecule has 1 amide bonds. The van der Waals surface area contributed by atoms with Crippen LogP contribution in [0, 0.1) is 6.92 Å². The van der Waals surface area contributed by atoms with Crippen LogP contribution < -0.4 is 0 Å². The van der Waals surface area contributed by atoms with Crippen LogP contribution in [-0.4, -0.2) is 45.2 Å². The van der Waals surface area contributed by atoms with E-state index >= 15 is 0 Å². The van der Waals surface area contributed by atoms with E-state index < -0.39 is 0 Å². The Labute approximate surface area is 122 Å². The van der Waals surface area contributed by atoms with E-state index in [4.69, 9.17) is 9.63 Å². The molecule has 0 atom stereocenters. The topological polar surface area (TPSA) is 79.5 Å². The highest BCUT2D eigenvalue weighted by molar-refractivity contribution is 5.95. The largest absolute Gasteiger partial charge is 0.395 e. The Hall–Kier alpha value is -2.21. The number of aliphatic hydroxyl groups is 1. The molecule has 1 aromatic heterocycles. The maximum absolute atomic E-state index is 12.6. The van der Waals surface area contributed by atoms with E-state index in [2.05, 4.69) is 10.1 Å². The molecule has 0 unspecified atom stereocenters. The van der Waals surface area contributed by atoms with Gasteiger partial charge in [-0.25, -0.2) is 0 Å². The van der Waals surface area contributed by atoms with E-state index in [-0.39, 0.29) is 18.6 Å². The van der Waals surface area contributed by atoms with Gasteiger partial charge in [0.2, 0.25) is 11.7 Å². The number of amides is 1. The number of hydrogen-bond donors (Lipinski definition) is 1. The van der Waals surface area contributed by atoms with Crippen molar-refractivity contribution in [2.75, 3.05) is 13.2 Å². The number of hydrogen-bond acceptors (Lipinski definition) is 5. The summed E-state index contributed by atoms with van der Waals surface area (Å²) in [5, 5.41) is 13.0. The molecule has 0 spiro atoms. The van der Waals surface area contributed by atoms with Crippen molar-refractivity contribution < 1.29 is 14.4 Å². The van der Waals surface area contributed by atoms with Gasteiger partial charge in [-0.2, -0.15) is 4.98 Å². The van der Waals surface area contributed by atoms with Gasteiger partial charge in [0.25, 0.3) is 5.91 Å². The summed E-state index contributed by atoms with van der Waals surface area (Å²) < 4.78 is 4.96. The van der Waals surface area contributed by atoms with Crippen LogP contribution in [0.1, 0.15) is 29.1 Å². The van der Waals surface area contributed by atoms with Crippen molar-refractivity contribution in [1.82, 2.24) is 15.0 Å². The number of aliphatic hydroxyl groups excluding tert-OH is 1. The van der Waals surface area contributed by atoms with Gasteiger partial charge in [-0.15, -0.1) is 0 Å². The number of nitrogens with zero attached hydrogens (tertiary/aromatic N) is 3. The summed E-state index contributed by atoms with van der Waals surface area (Å²) in [6.45, 7) is 2.07. The molecule has 1 aliphatic carbocycles. The third kappa shape index (κ3) is 2.95. The first kappa shape index (κ1) is 13.8. The maximum Gasteiger partial charge on any atom is 0.254 e. The predicted molar refractivity (Wildman–Crippen MR) is 75.6 cm³/mol. The third-order valence-corrected chi connectivity index (χ3v) is 3.48. The molecule has 1 heterocycles. The van der Waals surface area contributed by atoms with Crippen LogP contribution >= 0.6 is 0 Å². The van der Waals surface area contributed by atoms with Gasteiger partial charge in [0.15, 0.2) is 0 Å². The summed E-state index contributed by atoms with van der Waals surface area (Å²) in [4.78, 5) is 18.5. The highest BCUT2D eigenvalue weighted by atomic mass is 16.5. The van der Waals surface area contributed by atoms with Gasteiger partial charge in [0.1, 0.15) is 0 Å². The van der Waals surface area contributed by atoms with Crippen LogP contribution in [0.15, 0.2) is 28.8 Å². The second-order valence-electron chi connectivity index (χ2n) is 5.17. The maximum atomic E-state index is 12.6. The summed E-state index contributed by atoms with van der Waals surface area (Å²) in [5.41, 5.74) is 1.33. The van der Waals surface area contributed by atoms with Gasteiger partial charge in [0, 0.05) is 30.6 Å². The Balaban J connectivity index is 1.86. The molecule has 1 aromatic carbocycles. The second-order valence-corrected chi connectivity index (χ2v) is 5.17. The van der Waals surface area contributed by atoms with Crippen molar-refractivity contribution in [2.24, 2.45) is 0 Å². The van der Waals surface area contributed by atoms with Gasteiger partial charge in [-0.3, -0.25) is 4.79 Å². The molecule has 1 N–H and O–H groups in total. The van der Waals surface area contributed by atoms with Crippen LogP contribution in [0.2, 0.25) is 0 Å². The van der Waals surface area contributed by atoms with Crippen molar-refractivity contribution in [2.45, 2.75) is 25.8 Å². The van der Waals surface area contributed by atoms with Crippen LogP contribution in [0.3, 0.4) is 0 Å². The van der Waals surface area contributed by atoms with E-state index in [1.165, 1.54) is 0 Å². The Kier molecular flexibility index (Phi) is 3.70. The number of aromatic nitrogens is 2. The van der Waals surface area contributed by atoms with Gasteiger partial charge >= 0.3 is 0 Å². The van der Waals surface area contributed by atoms with Crippen LogP contribution in [0.25, 0.3) is 11.4 Å². The lowest BCUT2D eigenvalue weighted by atomic mass is 10.1. The molecular formula is C15H17N3O3. The van der Waals surface area contributed by atoms with E-state index in [0.29, 0.717) is 23.8 Å². The third-order valence-electron chi connectivity index (χ3n) is 3.48. The highest BCUT2D eigenvalue weighted by Crippen LogP contribution is 2.28. The number of carbonyl (C=O) groups is 1. The Bertz CT molecular complexity index is 649. The lowest BCUT2D eigenvalue weighted by molar-refractivity contribution is 0.0707. The number of rotatable bonds is 5. The summed E-state index contributed by atoms with van der Waals surface area (Å²) >= 11 is 0. The molecule has 6 nitrogen and oxygen atoms in total. The number of carbonyl (C=O) groups excluding carboxylic acids is 1. The molecule has 0 bridgehead atoms. The van der Waals surface area contributed by atoms with Crippen LogP contribution in [-0.2, 0) is 0 Å². The Morgan fingerprint density at radius 2 is 2.29 bits per heavy atom. The number of benzene rings is 1. The summed E-state index contributed by atoms with van der Waals surface area (Å²) in [6, 6.07) is 7.44.